The highest BCUT2D eigenvalue weighted by Crippen LogP contribution is 2.24. The van der Waals surface area contributed by atoms with Crippen molar-refractivity contribution >= 4 is 5.69 Å². The topological polar surface area (TPSA) is 32.3 Å². The first-order chi connectivity index (χ1) is 8.56. The van der Waals surface area contributed by atoms with Crippen LogP contribution in [0.3, 0.4) is 0 Å². The maximum Gasteiger partial charge on any atom is 0.123 e. The van der Waals surface area contributed by atoms with Crippen LogP contribution >= 0.6 is 0 Å². The summed E-state index contributed by atoms with van der Waals surface area (Å²) in [5, 5.41) is 12.7. The molecule has 2 N–H and O–H groups in total. The van der Waals surface area contributed by atoms with Crippen LogP contribution in [0.1, 0.15) is 24.1 Å². The number of hydrogen-bond acceptors (Lipinski definition) is 2. The van der Waals surface area contributed by atoms with Gasteiger partial charge in [-0.1, -0.05) is 12.1 Å². The van der Waals surface area contributed by atoms with Gasteiger partial charge < -0.3 is 10.4 Å². The maximum atomic E-state index is 13.0. The van der Waals surface area contributed by atoms with E-state index in [1.165, 1.54) is 12.1 Å². The minimum atomic E-state index is -0.233. The van der Waals surface area contributed by atoms with Gasteiger partial charge in [0.25, 0.3) is 0 Å². The van der Waals surface area contributed by atoms with Crippen molar-refractivity contribution in [1.82, 2.24) is 0 Å². The van der Waals surface area contributed by atoms with E-state index in [2.05, 4.69) is 5.32 Å². The number of benzene rings is 2. The van der Waals surface area contributed by atoms with Crippen LogP contribution in [0.5, 0.6) is 5.75 Å². The summed E-state index contributed by atoms with van der Waals surface area (Å²) >= 11 is 0. The Kier molecular flexibility index (Phi) is 3.51. The maximum absolute atomic E-state index is 13.0. The van der Waals surface area contributed by atoms with E-state index < -0.39 is 0 Å². The van der Waals surface area contributed by atoms with Crippen LogP contribution in [0.4, 0.5) is 10.1 Å². The number of anilines is 1. The molecule has 2 aromatic rings. The summed E-state index contributed by atoms with van der Waals surface area (Å²) in [6.45, 7) is 3.86. The largest absolute Gasteiger partial charge is 0.508 e. The fraction of sp³-hybridized carbons (Fsp3) is 0.200. The second-order valence-electron chi connectivity index (χ2n) is 4.42. The average Bonchev–Trinajstić information content (AvgIpc) is 2.32. The molecule has 0 aliphatic rings. The smallest absolute Gasteiger partial charge is 0.123 e. The molecule has 0 aliphatic carbocycles. The van der Waals surface area contributed by atoms with E-state index in [1.807, 2.05) is 19.9 Å². The molecule has 94 valence electrons. The summed E-state index contributed by atoms with van der Waals surface area (Å²) in [6.07, 6.45) is 0. The molecule has 0 spiro atoms. The molecule has 0 radical (unpaired) electrons. The van der Waals surface area contributed by atoms with Crippen LogP contribution in [0.15, 0.2) is 42.5 Å². The van der Waals surface area contributed by atoms with Gasteiger partial charge in [0.05, 0.1) is 0 Å². The van der Waals surface area contributed by atoms with E-state index in [1.54, 1.807) is 24.3 Å². The van der Waals surface area contributed by atoms with E-state index in [0.717, 1.165) is 16.8 Å². The SMILES string of the molecule is Cc1cc(F)ccc1NC(C)c1cccc(O)c1. The van der Waals surface area contributed by atoms with Gasteiger partial charge in [0.15, 0.2) is 0 Å². The predicted molar refractivity (Wildman–Crippen MR) is 71.3 cm³/mol. The lowest BCUT2D eigenvalue weighted by Crippen LogP contribution is -2.07. The van der Waals surface area contributed by atoms with Crippen LogP contribution in [0, 0.1) is 12.7 Å². The van der Waals surface area contributed by atoms with E-state index in [-0.39, 0.29) is 17.6 Å². The van der Waals surface area contributed by atoms with Crippen molar-refractivity contribution in [2.24, 2.45) is 0 Å². The van der Waals surface area contributed by atoms with Crippen LogP contribution in [-0.2, 0) is 0 Å². The molecule has 2 nitrogen and oxygen atoms in total. The van der Waals surface area contributed by atoms with Crippen molar-refractivity contribution in [3.63, 3.8) is 0 Å². The van der Waals surface area contributed by atoms with Gasteiger partial charge in [-0.2, -0.15) is 0 Å². The van der Waals surface area contributed by atoms with Crippen molar-refractivity contribution in [2.75, 3.05) is 5.32 Å². The van der Waals surface area contributed by atoms with Crippen molar-refractivity contribution in [3.05, 3.63) is 59.4 Å². The molecule has 0 bridgehead atoms. The highest BCUT2D eigenvalue weighted by molar-refractivity contribution is 5.52. The monoisotopic (exact) mass is 245 g/mol. The highest BCUT2D eigenvalue weighted by Gasteiger charge is 2.07. The van der Waals surface area contributed by atoms with Crippen molar-refractivity contribution < 1.29 is 9.50 Å². The van der Waals surface area contributed by atoms with E-state index in [4.69, 9.17) is 0 Å². The molecule has 2 rings (SSSR count). The van der Waals surface area contributed by atoms with Gasteiger partial charge in [-0.05, 0) is 55.3 Å². The zero-order chi connectivity index (χ0) is 13.1. The van der Waals surface area contributed by atoms with E-state index >= 15 is 0 Å². The van der Waals surface area contributed by atoms with Gasteiger partial charge in [-0.15, -0.1) is 0 Å². The molecule has 0 fully saturated rings. The van der Waals surface area contributed by atoms with E-state index in [9.17, 15) is 9.50 Å². The van der Waals surface area contributed by atoms with Crippen LogP contribution < -0.4 is 5.32 Å². The Bertz CT molecular complexity index is 554. The van der Waals surface area contributed by atoms with Crippen LogP contribution in [-0.4, -0.2) is 5.11 Å². The Hall–Kier alpha value is -2.03. The molecule has 0 saturated carbocycles. The highest BCUT2D eigenvalue weighted by atomic mass is 19.1. The number of aryl methyl sites for hydroxylation is 1. The number of aromatic hydroxyl groups is 1. The molecule has 1 atom stereocenters. The Morgan fingerprint density at radius 1 is 1.17 bits per heavy atom. The van der Waals surface area contributed by atoms with Crippen molar-refractivity contribution in [3.8, 4) is 5.75 Å². The lowest BCUT2D eigenvalue weighted by molar-refractivity contribution is 0.474. The second kappa shape index (κ2) is 5.08. The van der Waals surface area contributed by atoms with Gasteiger partial charge in [0, 0.05) is 11.7 Å². The van der Waals surface area contributed by atoms with Gasteiger partial charge in [0.2, 0.25) is 0 Å². The predicted octanol–water partition coefficient (Wildman–Crippen LogP) is 4.01. The summed E-state index contributed by atoms with van der Waals surface area (Å²) in [5.74, 6) is 0.0139. The minimum absolute atomic E-state index is 0.0428. The summed E-state index contributed by atoms with van der Waals surface area (Å²) in [5.41, 5.74) is 2.74. The zero-order valence-electron chi connectivity index (χ0n) is 10.4. The zero-order valence-corrected chi connectivity index (χ0v) is 10.4. The average molecular weight is 245 g/mol. The van der Waals surface area contributed by atoms with Crippen LogP contribution in [0.2, 0.25) is 0 Å². The normalized spacial score (nSPS) is 12.2. The molecule has 0 heterocycles. The Morgan fingerprint density at radius 2 is 1.94 bits per heavy atom. The van der Waals surface area contributed by atoms with Gasteiger partial charge in [0.1, 0.15) is 11.6 Å². The van der Waals surface area contributed by atoms with Gasteiger partial charge in [-0.25, -0.2) is 4.39 Å². The number of phenols is 1. The third-order valence-corrected chi connectivity index (χ3v) is 2.93. The molecular formula is C15H16FNO. The first-order valence-corrected chi connectivity index (χ1v) is 5.88. The third kappa shape index (κ3) is 2.80. The lowest BCUT2D eigenvalue weighted by Gasteiger charge is -2.17. The number of hydrogen-bond donors (Lipinski definition) is 2. The summed E-state index contributed by atoms with van der Waals surface area (Å²) in [6, 6.07) is 11.8. The molecule has 2 aromatic carbocycles. The molecular weight excluding hydrogens is 229 g/mol. The number of nitrogens with one attached hydrogen (secondary N) is 1. The van der Waals surface area contributed by atoms with Crippen LogP contribution in [0.25, 0.3) is 0 Å². The Morgan fingerprint density at radius 3 is 2.61 bits per heavy atom. The molecule has 0 amide bonds. The standard InChI is InChI=1S/C15H16FNO/c1-10-8-13(16)6-7-15(10)17-11(2)12-4-3-5-14(18)9-12/h3-9,11,17-18H,1-2H3. The van der Waals surface area contributed by atoms with Crippen molar-refractivity contribution in [1.29, 1.82) is 0 Å². The first kappa shape index (κ1) is 12.4. The molecule has 1 unspecified atom stereocenters. The number of rotatable bonds is 3. The molecule has 0 aromatic heterocycles. The number of phenolic OH excluding ortho intramolecular Hbond substituents is 1. The third-order valence-electron chi connectivity index (χ3n) is 2.93. The van der Waals surface area contributed by atoms with E-state index in [0.29, 0.717) is 0 Å². The molecule has 0 aliphatic heterocycles. The Balaban J connectivity index is 2.18. The fourth-order valence-corrected chi connectivity index (χ4v) is 1.90. The van der Waals surface area contributed by atoms with Gasteiger partial charge >= 0.3 is 0 Å². The summed E-state index contributed by atoms with van der Waals surface area (Å²) in [4.78, 5) is 0. The van der Waals surface area contributed by atoms with Crippen molar-refractivity contribution in [2.45, 2.75) is 19.9 Å². The lowest BCUT2D eigenvalue weighted by atomic mass is 10.1. The molecule has 0 saturated heterocycles. The van der Waals surface area contributed by atoms with Gasteiger partial charge in [-0.3, -0.25) is 0 Å². The Labute approximate surface area is 106 Å². The fourth-order valence-electron chi connectivity index (χ4n) is 1.90. The minimum Gasteiger partial charge on any atom is -0.508 e. The first-order valence-electron chi connectivity index (χ1n) is 5.88. The summed E-state index contributed by atoms with van der Waals surface area (Å²) in [7, 11) is 0. The molecule has 18 heavy (non-hydrogen) atoms. The molecule has 3 heteroatoms. The number of halogens is 1. The quantitative estimate of drug-likeness (QED) is 0.856. The summed E-state index contributed by atoms with van der Waals surface area (Å²) < 4.78 is 13.0. The second-order valence-corrected chi connectivity index (χ2v) is 4.42.